The topological polar surface area (TPSA) is 0 Å². The van der Waals surface area contributed by atoms with Gasteiger partial charge in [0.05, 0.1) is 0 Å². The molecular weight excluding hydrogens is 115 g/mol. The summed E-state index contributed by atoms with van der Waals surface area (Å²) in [4.78, 5) is 0. The van der Waals surface area contributed by atoms with Gasteiger partial charge < -0.3 is 0 Å². The monoisotopic (exact) mass is 132 g/mol. The van der Waals surface area contributed by atoms with E-state index in [0.29, 0.717) is 0 Å². The highest BCUT2D eigenvalue weighted by Crippen LogP contribution is 2.62. The summed E-state index contributed by atoms with van der Waals surface area (Å²) in [5.41, 5.74) is 1.55. The van der Waals surface area contributed by atoms with E-state index < -0.39 is 9.16 Å². The number of thiol groups is 1. The van der Waals surface area contributed by atoms with Crippen LogP contribution in [0.5, 0.6) is 0 Å². The quantitative estimate of drug-likeness (QED) is 0.365. The molecule has 0 aromatic rings. The maximum Gasteiger partial charge on any atom is 0.129 e. The van der Waals surface area contributed by atoms with E-state index in [0.717, 1.165) is 0 Å². The maximum atomic E-state index is 2.51. The molecule has 1 fully saturated rings. The normalized spacial score (nSPS) is 37.1. The van der Waals surface area contributed by atoms with Crippen LogP contribution in [0.2, 0.25) is 6.32 Å². The third-order valence-corrected chi connectivity index (χ3v) is 6.17. The van der Waals surface area contributed by atoms with Crippen molar-refractivity contribution in [2.24, 2.45) is 0 Å². The molecule has 0 aliphatic carbocycles. The lowest BCUT2D eigenvalue weighted by Crippen LogP contribution is -2.14. The summed E-state index contributed by atoms with van der Waals surface area (Å²) in [5.74, 6) is 1.55. The highest BCUT2D eigenvalue weighted by molar-refractivity contribution is 8.49. The minimum absolute atomic E-state index is 0.990. The summed E-state index contributed by atoms with van der Waals surface area (Å²) >= 11 is 0. The minimum Gasteiger partial charge on any atom is -0.296 e. The molecule has 1 aliphatic rings. The largest absolute Gasteiger partial charge is 0.296 e. The molecule has 1 saturated heterocycles. The first kappa shape index (κ1) is 6.53. The van der Waals surface area contributed by atoms with Gasteiger partial charge in [-0.05, 0) is 24.5 Å². The Morgan fingerprint density at radius 2 is 1.88 bits per heavy atom. The summed E-state index contributed by atoms with van der Waals surface area (Å²) in [6, 6.07) is 0. The predicted molar refractivity (Wildman–Crippen MR) is 48.4 cm³/mol. The van der Waals surface area contributed by atoms with Crippen molar-refractivity contribution in [3.05, 3.63) is 0 Å². The highest BCUT2D eigenvalue weighted by Gasteiger charge is 2.29. The van der Waals surface area contributed by atoms with Crippen LogP contribution in [-0.2, 0) is 0 Å². The molecule has 2 heteroatoms. The fourth-order valence-electron chi connectivity index (χ4n) is 1.51. The Morgan fingerprint density at radius 1 is 1.25 bits per heavy atom. The van der Waals surface area contributed by atoms with E-state index in [4.69, 9.17) is 0 Å². The second-order valence-electron chi connectivity index (χ2n) is 4.62. The van der Waals surface area contributed by atoms with Gasteiger partial charge in [-0.15, -0.1) is 0 Å². The summed E-state index contributed by atoms with van der Waals surface area (Å²) in [6.45, 7) is 0. The van der Waals surface area contributed by atoms with Crippen molar-refractivity contribution in [2.75, 3.05) is 30.2 Å². The van der Waals surface area contributed by atoms with Crippen molar-refractivity contribution in [3.63, 3.8) is 0 Å². The van der Waals surface area contributed by atoms with Gasteiger partial charge in [-0.25, -0.2) is 0 Å². The lowest BCUT2D eigenvalue weighted by molar-refractivity contribution is 1.47. The van der Waals surface area contributed by atoms with Crippen LogP contribution in [-0.4, -0.2) is 37.5 Å². The fraction of sp³-hybridized carbons (Fsp3) is 1.00. The molecule has 0 atom stereocenters. The SMILES string of the molecule is C[SH]1(C)(C)CBCC1. The van der Waals surface area contributed by atoms with Gasteiger partial charge in [0.25, 0.3) is 0 Å². The van der Waals surface area contributed by atoms with E-state index in [1.165, 1.54) is 13.6 Å². The van der Waals surface area contributed by atoms with Gasteiger partial charge in [-0.2, -0.15) is 0 Å². The van der Waals surface area contributed by atoms with Gasteiger partial charge in [0.2, 0.25) is 0 Å². The van der Waals surface area contributed by atoms with Crippen molar-refractivity contribution < 1.29 is 0 Å². The summed E-state index contributed by atoms with van der Waals surface area (Å²) < 4.78 is 0. The minimum atomic E-state index is -0.990. The summed E-state index contributed by atoms with van der Waals surface area (Å²) in [7, 11) is 0.511. The molecule has 0 radical (unpaired) electrons. The van der Waals surface area contributed by atoms with Crippen LogP contribution >= 0.6 is 9.16 Å². The second-order valence-corrected chi connectivity index (χ2v) is 12.4. The molecule has 0 bridgehead atoms. The van der Waals surface area contributed by atoms with E-state index >= 15 is 0 Å². The van der Waals surface area contributed by atoms with E-state index in [-0.39, 0.29) is 0 Å². The molecule has 0 aromatic heterocycles. The molecule has 50 valence electrons. The van der Waals surface area contributed by atoms with Crippen LogP contribution in [0.1, 0.15) is 0 Å². The number of hydrogen-bond acceptors (Lipinski definition) is 0. The van der Waals surface area contributed by atoms with Crippen LogP contribution in [0, 0.1) is 0 Å². The van der Waals surface area contributed by atoms with Gasteiger partial charge >= 0.3 is 0 Å². The molecule has 0 nitrogen and oxygen atoms in total. The van der Waals surface area contributed by atoms with Crippen molar-refractivity contribution >= 4 is 16.4 Å². The van der Waals surface area contributed by atoms with Gasteiger partial charge in [0.1, 0.15) is 7.28 Å². The predicted octanol–water partition coefficient (Wildman–Crippen LogP) is 0.774. The van der Waals surface area contributed by atoms with Crippen molar-refractivity contribution in [1.82, 2.24) is 0 Å². The number of rotatable bonds is 0. The van der Waals surface area contributed by atoms with Crippen LogP contribution in [0.4, 0.5) is 0 Å². The van der Waals surface area contributed by atoms with E-state index in [1.807, 2.05) is 0 Å². The smallest absolute Gasteiger partial charge is 0.129 e. The molecule has 0 saturated carbocycles. The lowest BCUT2D eigenvalue weighted by atomic mass is 9.79. The van der Waals surface area contributed by atoms with Crippen LogP contribution in [0.25, 0.3) is 0 Å². The zero-order valence-electron chi connectivity index (χ0n) is 6.28. The third-order valence-electron chi connectivity index (χ3n) is 2.22. The summed E-state index contributed by atoms with van der Waals surface area (Å²) in [5, 5.41) is 0. The van der Waals surface area contributed by atoms with Gasteiger partial charge in [-0.1, -0.05) is 12.0 Å². The number of hydrogen-bond donors (Lipinski definition) is 1. The zero-order chi connectivity index (χ0) is 6.28. The van der Waals surface area contributed by atoms with Gasteiger partial charge in [0, 0.05) is 0 Å². The molecule has 8 heavy (non-hydrogen) atoms. The van der Waals surface area contributed by atoms with Gasteiger partial charge in [0.15, 0.2) is 0 Å². The van der Waals surface area contributed by atoms with Crippen LogP contribution in [0.15, 0.2) is 0 Å². The Labute approximate surface area is 53.6 Å². The Balaban J connectivity index is 2.67. The Kier molecular flexibility index (Phi) is 1.20. The molecular formula is C6H17BS. The Bertz CT molecular complexity index is 90.8. The third kappa shape index (κ3) is 1.44. The molecule has 1 aliphatic heterocycles. The Morgan fingerprint density at radius 3 is 2.00 bits per heavy atom. The van der Waals surface area contributed by atoms with Crippen molar-refractivity contribution in [3.8, 4) is 0 Å². The second kappa shape index (κ2) is 1.47. The molecule has 1 rings (SSSR count). The average Bonchev–Trinajstić information content (AvgIpc) is 1.81. The highest BCUT2D eigenvalue weighted by atomic mass is 32.3. The van der Waals surface area contributed by atoms with Crippen LogP contribution < -0.4 is 0 Å². The van der Waals surface area contributed by atoms with E-state index in [1.54, 1.807) is 11.4 Å². The average molecular weight is 132 g/mol. The lowest BCUT2D eigenvalue weighted by Gasteiger charge is -2.47. The van der Waals surface area contributed by atoms with Gasteiger partial charge in [-0.3, -0.25) is 9.16 Å². The fourth-order valence-corrected chi connectivity index (χ4v) is 4.52. The molecule has 0 N–H and O–H groups in total. The molecule has 1 heterocycles. The summed E-state index contributed by atoms with van der Waals surface area (Å²) in [6.07, 6.45) is 9.04. The van der Waals surface area contributed by atoms with Crippen molar-refractivity contribution in [2.45, 2.75) is 6.32 Å². The standard InChI is InChI=1S/C6H17BS/c1-8(2,3)5-4-7-6-8/h7-8H,4-6H2,1-3H3. The maximum absolute atomic E-state index is 2.51. The first-order valence-corrected chi connectivity index (χ1v) is 7.42. The molecule has 0 unspecified atom stereocenters. The first-order chi connectivity index (χ1) is 3.47. The molecule has 0 spiro atoms. The van der Waals surface area contributed by atoms with E-state index in [9.17, 15) is 0 Å². The van der Waals surface area contributed by atoms with Crippen molar-refractivity contribution in [1.29, 1.82) is 0 Å². The van der Waals surface area contributed by atoms with Crippen LogP contribution in [0.3, 0.4) is 0 Å². The Hall–Kier alpha value is 0.415. The molecule has 0 amide bonds. The zero-order valence-corrected chi connectivity index (χ0v) is 7.17. The first-order valence-electron chi connectivity index (χ1n) is 3.47. The van der Waals surface area contributed by atoms with E-state index in [2.05, 4.69) is 18.8 Å². The molecule has 0 aromatic carbocycles.